The molecule has 0 unspecified atom stereocenters. The molecule has 0 spiro atoms. The summed E-state index contributed by atoms with van der Waals surface area (Å²) in [6.45, 7) is 6.06. The van der Waals surface area contributed by atoms with Crippen molar-refractivity contribution in [1.29, 1.82) is 0 Å². The van der Waals surface area contributed by atoms with Gasteiger partial charge < -0.3 is 15.0 Å². The van der Waals surface area contributed by atoms with Crippen LogP contribution in [0.25, 0.3) is 12.2 Å². The zero-order valence-corrected chi connectivity index (χ0v) is 15.2. The molecule has 0 aliphatic heterocycles. The Kier molecular flexibility index (Phi) is 4.72. The van der Waals surface area contributed by atoms with Crippen molar-refractivity contribution < 1.29 is 0 Å². The van der Waals surface area contributed by atoms with Crippen LogP contribution in [0.4, 0.5) is 5.69 Å². The summed E-state index contributed by atoms with van der Waals surface area (Å²) >= 11 is 0. The fourth-order valence-electron chi connectivity index (χ4n) is 2.69. The van der Waals surface area contributed by atoms with Crippen molar-refractivity contribution in [3.63, 3.8) is 0 Å². The number of imidazole rings is 1. The Morgan fingerprint density at radius 1 is 1.04 bits per heavy atom. The Morgan fingerprint density at radius 3 is 2.33 bits per heavy atom. The standard InChI is InChI=1S/C19H19N5O3/c1-19(2,3)16-13(20-10-21-16)9-15-18(26)22-14(17(25)23-15)8-11-5-4-6-12(7-11)24-27/h4-10H,1-3H3,(H,20,21)(H,22,26)(H,23,25)/b14-8-,15-9-. The van der Waals surface area contributed by atoms with Gasteiger partial charge >= 0.3 is 0 Å². The van der Waals surface area contributed by atoms with E-state index in [1.54, 1.807) is 24.5 Å². The number of nitroso groups, excluding NO2 is 1. The summed E-state index contributed by atoms with van der Waals surface area (Å²) in [5.41, 5.74) is 1.15. The molecule has 0 aliphatic carbocycles. The Bertz CT molecular complexity index is 1230. The molecule has 0 radical (unpaired) electrons. The third-order valence-electron chi connectivity index (χ3n) is 3.97. The molecule has 0 fully saturated rings. The van der Waals surface area contributed by atoms with Gasteiger partial charge in [-0.3, -0.25) is 9.59 Å². The second kappa shape index (κ2) is 6.99. The van der Waals surface area contributed by atoms with Crippen molar-refractivity contribution in [2.24, 2.45) is 5.18 Å². The highest BCUT2D eigenvalue weighted by Gasteiger charge is 2.19. The van der Waals surface area contributed by atoms with Crippen LogP contribution in [0.1, 0.15) is 37.7 Å². The highest BCUT2D eigenvalue weighted by Crippen LogP contribution is 2.22. The molecule has 0 saturated carbocycles. The third kappa shape index (κ3) is 4.00. The maximum absolute atomic E-state index is 12.4. The number of nitrogens with zero attached hydrogens (tertiary/aromatic N) is 2. The molecule has 3 rings (SSSR count). The minimum absolute atomic E-state index is 0.0817. The lowest BCUT2D eigenvalue weighted by atomic mass is 9.90. The number of hydrogen-bond acceptors (Lipinski definition) is 5. The summed E-state index contributed by atoms with van der Waals surface area (Å²) in [4.78, 5) is 47.8. The maximum Gasteiger partial charge on any atom is 0.272 e. The first kappa shape index (κ1) is 18.2. The van der Waals surface area contributed by atoms with Crippen LogP contribution in [0, 0.1) is 4.91 Å². The van der Waals surface area contributed by atoms with Crippen molar-refractivity contribution in [3.05, 3.63) is 83.9 Å². The van der Waals surface area contributed by atoms with Gasteiger partial charge in [0.2, 0.25) is 0 Å². The number of nitrogens with one attached hydrogen (secondary N) is 3. The van der Waals surface area contributed by atoms with Crippen molar-refractivity contribution in [2.45, 2.75) is 26.2 Å². The molecule has 3 N–H and O–H groups in total. The summed E-state index contributed by atoms with van der Waals surface area (Å²) in [6, 6.07) is 6.41. The smallest absolute Gasteiger partial charge is 0.272 e. The lowest BCUT2D eigenvalue weighted by Crippen LogP contribution is -2.46. The second-order valence-electron chi connectivity index (χ2n) is 7.12. The molecule has 0 saturated heterocycles. The number of hydrogen-bond donors (Lipinski definition) is 3. The summed E-state index contributed by atoms with van der Waals surface area (Å²) in [5, 5.41) is 3.04. The largest absolute Gasteiger partial charge is 0.348 e. The average molecular weight is 365 g/mol. The quantitative estimate of drug-likeness (QED) is 0.602. The van der Waals surface area contributed by atoms with Gasteiger partial charge in [-0.1, -0.05) is 32.9 Å². The van der Waals surface area contributed by atoms with E-state index in [2.05, 4.69) is 25.1 Å². The lowest BCUT2D eigenvalue weighted by molar-refractivity contribution is 0.571. The first-order chi connectivity index (χ1) is 12.8. The van der Waals surface area contributed by atoms with Gasteiger partial charge in [0.05, 0.1) is 12.0 Å². The fourth-order valence-corrected chi connectivity index (χ4v) is 2.69. The average Bonchev–Trinajstić information content (AvgIpc) is 3.08. The van der Waals surface area contributed by atoms with Gasteiger partial charge in [-0.25, -0.2) is 4.98 Å². The SMILES string of the molecule is CC(C)(C)c1[nH]cnc1/C=c1\[nH]c(=O)/c(=C/c2cccc(N=O)c2)[nH]c1=O. The van der Waals surface area contributed by atoms with Crippen LogP contribution in [-0.2, 0) is 5.41 Å². The molecule has 0 aliphatic rings. The van der Waals surface area contributed by atoms with Crippen molar-refractivity contribution in [2.75, 3.05) is 0 Å². The number of rotatable bonds is 3. The maximum atomic E-state index is 12.4. The first-order valence-electron chi connectivity index (χ1n) is 8.31. The molecule has 2 heterocycles. The predicted molar refractivity (Wildman–Crippen MR) is 103 cm³/mol. The van der Waals surface area contributed by atoms with Crippen LogP contribution in [-0.4, -0.2) is 19.9 Å². The fraction of sp³-hybridized carbons (Fsp3) is 0.211. The summed E-state index contributed by atoms with van der Waals surface area (Å²) in [7, 11) is 0. The van der Waals surface area contributed by atoms with Gasteiger partial charge in [-0.2, -0.15) is 0 Å². The molecular weight excluding hydrogens is 346 g/mol. The van der Waals surface area contributed by atoms with Crippen LogP contribution in [0.15, 0.2) is 45.4 Å². The van der Waals surface area contributed by atoms with E-state index >= 15 is 0 Å². The molecule has 1 aromatic carbocycles. The number of H-pyrrole nitrogens is 3. The van der Waals surface area contributed by atoms with Gasteiger partial charge in [-0.15, -0.1) is 4.91 Å². The van der Waals surface area contributed by atoms with Crippen molar-refractivity contribution in [3.8, 4) is 0 Å². The van der Waals surface area contributed by atoms with E-state index < -0.39 is 11.1 Å². The van der Waals surface area contributed by atoms with Crippen LogP contribution in [0.5, 0.6) is 0 Å². The highest BCUT2D eigenvalue weighted by molar-refractivity contribution is 5.54. The van der Waals surface area contributed by atoms with E-state index in [9.17, 15) is 14.5 Å². The molecule has 8 nitrogen and oxygen atoms in total. The minimum atomic E-state index is -0.460. The van der Waals surface area contributed by atoms with Crippen molar-refractivity contribution >= 4 is 17.8 Å². The minimum Gasteiger partial charge on any atom is -0.348 e. The Labute approximate surface area is 153 Å². The second-order valence-corrected chi connectivity index (χ2v) is 7.12. The predicted octanol–water partition coefficient (Wildman–Crippen LogP) is 1.14. The number of aromatic nitrogens is 4. The Morgan fingerprint density at radius 2 is 1.70 bits per heavy atom. The third-order valence-corrected chi connectivity index (χ3v) is 3.97. The monoisotopic (exact) mass is 365 g/mol. The van der Waals surface area contributed by atoms with Gasteiger partial charge in [-0.05, 0) is 35.0 Å². The normalized spacial score (nSPS) is 13.1. The van der Waals surface area contributed by atoms with Crippen LogP contribution in [0.2, 0.25) is 0 Å². The zero-order chi connectivity index (χ0) is 19.6. The zero-order valence-electron chi connectivity index (χ0n) is 15.2. The molecule has 0 atom stereocenters. The molecule has 0 bridgehead atoms. The topological polar surface area (TPSA) is 124 Å². The van der Waals surface area contributed by atoms with E-state index in [0.29, 0.717) is 11.3 Å². The molecule has 27 heavy (non-hydrogen) atoms. The van der Waals surface area contributed by atoms with E-state index in [4.69, 9.17) is 0 Å². The molecule has 8 heteroatoms. The summed E-state index contributed by atoms with van der Waals surface area (Å²) < 4.78 is 0. The van der Waals surface area contributed by atoms with E-state index in [-0.39, 0.29) is 21.8 Å². The number of benzene rings is 1. The van der Waals surface area contributed by atoms with Gasteiger partial charge in [0.15, 0.2) is 0 Å². The first-order valence-corrected chi connectivity index (χ1v) is 8.31. The molecule has 3 aromatic rings. The molecule has 0 amide bonds. The highest BCUT2D eigenvalue weighted by atomic mass is 16.3. The van der Waals surface area contributed by atoms with Crippen LogP contribution >= 0.6 is 0 Å². The summed E-state index contributed by atoms with van der Waals surface area (Å²) in [5.74, 6) is 0. The van der Waals surface area contributed by atoms with Crippen LogP contribution < -0.4 is 21.8 Å². The summed E-state index contributed by atoms with van der Waals surface area (Å²) in [6.07, 6.45) is 4.57. The van der Waals surface area contributed by atoms with E-state index in [1.165, 1.54) is 18.2 Å². The molecule has 2 aromatic heterocycles. The molecular formula is C19H19N5O3. The van der Waals surface area contributed by atoms with E-state index in [1.807, 2.05) is 20.8 Å². The van der Waals surface area contributed by atoms with E-state index in [0.717, 1.165) is 5.69 Å². The van der Waals surface area contributed by atoms with Gasteiger partial charge in [0, 0.05) is 11.1 Å². The molecule has 138 valence electrons. The Hall–Kier alpha value is -3.55. The van der Waals surface area contributed by atoms with Crippen molar-refractivity contribution in [1.82, 2.24) is 19.9 Å². The number of aromatic amines is 3. The van der Waals surface area contributed by atoms with Gasteiger partial charge in [0.1, 0.15) is 16.4 Å². The Balaban J connectivity index is 2.13. The van der Waals surface area contributed by atoms with Crippen LogP contribution in [0.3, 0.4) is 0 Å². The van der Waals surface area contributed by atoms with Gasteiger partial charge in [0.25, 0.3) is 11.1 Å². The lowest BCUT2D eigenvalue weighted by Gasteiger charge is -2.16.